The van der Waals surface area contributed by atoms with E-state index >= 15 is 0 Å². The minimum Gasteiger partial charge on any atom is -0.482 e. The maximum atomic E-state index is 12.5. The smallest absolute Gasteiger partial charge is 0.227 e. The summed E-state index contributed by atoms with van der Waals surface area (Å²) < 4.78 is 11.5. The minimum atomic E-state index is -0.147. The molecule has 1 aliphatic rings. The van der Waals surface area contributed by atoms with Crippen molar-refractivity contribution in [3.8, 4) is 5.75 Å². The van der Waals surface area contributed by atoms with E-state index < -0.39 is 0 Å². The van der Waals surface area contributed by atoms with Gasteiger partial charge in [-0.3, -0.25) is 4.79 Å². The molecule has 0 fully saturated rings. The maximum Gasteiger partial charge on any atom is 0.227 e. The third-order valence-electron chi connectivity index (χ3n) is 5.41. The van der Waals surface area contributed by atoms with E-state index in [1.807, 2.05) is 19.9 Å². The lowest BCUT2D eigenvalue weighted by Gasteiger charge is -2.24. The highest BCUT2D eigenvalue weighted by atomic mass is 16.5. The van der Waals surface area contributed by atoms with Crippen LogP contribution in [0.1, 0.15) is 34.9 Å². The van der Waals surface area contributed by atoms with Crippen LogP contribution in [0.15, 0.2) is 64.0 Å². The van der Waals surface area contributed by atoms with Gasteiger partial charge in [-0.2, -0.15) is 0 Å². The average Bonchev–Trinajstić information content (AvgIpc) is 2.99. The predicted molar refractivity (Wildman–Crippen MR) is 111 cm³/mol. The Morgan fingerprint density at radius 2 is 1.96 bits per heavy atom. The SMILES string of the molecule is Cc1ccc(C)c(COc2coc(CN3c4ccccc4C[C@H]3C)cc2=O)c1. The lowest BCUT2D eigenvalue weighted by molar-refractivity contribution is 0.288. The highest BCUT2D eigenvalue weighted by Crippen LogP contribution is 2.33. The van der Waals surface area contributed by atoms with Crippen LogP contribution >= 0.6 is 0 Å². The van der Waals surface area contributed by atoms with Gasteiger partial charge in [-0.05, 0) is 49.9 Å². The molecule has 0 saturated carbocycles. The summed E-state index contributed by atoms with van der Waals surface area (Å²) >= 11 is 0. The summed E-state index contributed by atoms with van der Waals surface area (Å²) in [6, 6.07) is 16.5. The Labute approximate surface area is 165 Å². The fourth-order valence-electron chi connectivity index (χ4n) is 3.78. The molecule has 4 rings (SSSR count). The van der Waals surface area contributed by atoms with Crippen LogP contribution in [0.25, 0.3) is 0 Å². The van der Waals surface area contributed by atoms with Gasteiger partial charge in [0.25, 0.3) is 0 Å². The number of hydrogen-bond donors (Lipinski definition) is 0. The van der Waals surface area contributed by atoms with Crippen molar-refractivity contribution in [3.63, 3.8) is 0 Å². The van der Waals surface area contributed by atoms with Crippen molar-refractivity contribution < 1.29 is 9.15 Å². The molecule has 1 atom stereocenters. The average molecular weight is 375 g/mol. The van der Waals surface area contributed by atoms with Gasteiger partial charge in [0, 0.05) is 17.8 Å². The van der Waals surface area contributed by atoms with Crippen molar-refractivity contribution in [1.29, 1.82) is 0 Å². The van der Waals surface area contributed by atoms with Crippen LogP contribution in [0.5, 0.6) is 5.75 Å². The molecule has 144 valence electrons. The Bertz CT molecular complexity index is 1050. The second-order valence-corrected chi connectivity index (χ2v) is 7.60. The third kappa shape index (κ3) is 3.68. The van der Waals surface area contributed by atoms with E-state index in [1.165, 1.54) is 23.1 Å². The number of hydrogen-bond acceptors (Lipinski definition) is 4. The Balaban J connectivity index is 1.48. The zero-order chi connectivity index (χ0) is 19.7. The summed E-state index contributed by atoms with van der Waals surface area (Å²) in [7, 11) is 0. The standard InChI is InChI=1S/C24H25NO3/c1-16-8-9-17(2)20(10-16)14-28-24-15-27-21(12-23(24)26)13-25-18(3)11-19-6-4-5-7-22(19)25/h4-10,12,15,18H,11,13-14H2,1-3H3/t18-/m1/s1. The summed E-state index contributed by atoms with van der Waals surface area (Å²) in [6.45, 7) is 7.21. The summed E-state index contributed by atoms with van der Waals surface area (Å²) in [4.78, 5) is 14.8. The topological polar surface area (TPSA) is 42.7 Å². The van der Waals surface area contributed by atoms with Gasteiger partial charge in [0.15, 0.2) is 0 Å². The molecule has 2 aromatic carbocycles. The zero-order valence-electron chi connectivity index (χ0n) is 16.6. The van der Waals surface area contributed by atoms with Crippen LogP contribution in [-0.2, 0) is 19.6 Å². The van der Waals surface area contributed by atoms with Crippen molar-refractivity contribution in [3.05, 3.63) is 93.0 Å². The molecular formula is C24H25NO3. The number of aryl methyl sites for hydroxylation is 2. The molecule has 0 bridgehead atoms. The van der Waals surface area contributed by atoms with Gasteiger partial charge in [-0.15, -0.1) is 0 Å². The Morgan fingerprint density at radius 1 is 1.14 bits per heavy atom. The van der Waals surface area contributed by atoms with Crippen molar-refractivity contribution in [2.24, 2.45) is 0 Å². The van der Waals surface area contributed by atoms with Crippen molar-refractivity contribution in [2.45, 2.75) is 46.4 Å². The number of rotatable bonds is 5. The lowest BCUT2D eigenvalue weighted by Crippen LogP contribution is -2.29. The van der Waals surface area contributed by atoms with Crippen LogP contribution in [0.3, 0.4) is 0 Å². The van der Waals surface area contributed by atoms with Gasteiger partial charge in [-0.25, -0.2) is 0 Å². The normalized spacial score (nSPS) is 15.5. The first kappa shape index (κ1) is 18.4. The van der Waals surface area contributed by atoms with Gasteiger partial charge < -0.3 is 14.1 Å². The number of anilines is 1. The fourth-order valence-corrected chi connectivity index (χ4v) is 3.78. The minimum absolute atomic E-state index is 0.147. The van der Waals surface area contributed by atoms with E-state index in [0.29, 0.717) is 25.0 Å². The zero-order valence-corrected chi connectivity index (χ0v) is 16.6. The second kappa shape index (κ2) is 7.55. The molecular weight excluding hydrogens is 350 g/mol. The van der Waals surface area contributed by atoms with Gasteiger partial charge in [0.2, 0.25) is 11.2 Å². The highest BCUT2D eigenvalue weighted by Gasteiger charge is 2.26. The van der Waals surface area contributed by atoms with Crippen LogP contribution in [0, 0.1) is 13.8 Å². The first-order valence-corrected chi connectivity index (χ1v) is 9.66. The Morgan fingerprint density at radius 3 is 2.79 bits per heavy atom. The maximum absolute atomic E-state index is 12.5. The monoisotopic (exact) mass is 375 g/mol. The molecule has 0 radical (unpaired) electrons. The summed E-state index contributed by atoms with van der Waals surface area (Å²) in [5.74, 6) is 0.896. The molecule has 4 nitrogen and oxygen atoms in total. The molecule has 4 heteroatoms. The van der Waals surface area contributed by atoms with Crippen LogP contribution < -0.4 is 15.1 Å². The van der Waals surface area contributed by atoms with Gasteiger partial charge >= 0.3 is 0 Å². The number of nitrogens with zero attached hydrogens (tertiary/aromatic N) is 1. The molecule has 0 N–H and O–H groups in total. The summed E-state index contributed by atoms with van der Waals surface area (Å²) in [5.41, 5.74) is 5.80. The molecule has 1 aromatic heterocycles. The van der Waals surface area contributed by atoms with E-state index in [2.05, 4.69) is 48.2 Å². The van der Waals surface area contributed by atoms with E-state index in [9.17, 15) is 4.79 Å². The van der Waals surface area contributed by atoms with Gasteiger partial charge in [0.1, 0.15) is 18.6 Å². The van der Waals surface area contributed by atoms with E-state index in [-0.39, 0.29) is 11.2 Å². The van der Waals surface area contributed by atoms with Crippen LogP contribution in [0.4, 0.5) is 5.69 Å². The summed E-state index contributed by atoms with van der Waals surface area (Å²) in [6.07, 6.45) is 2.45. The first-order valence-electron chi connectivity index (χ1n) is 9.66. The van der Waals surface area contributed by atoms with Gasteiger partial charge in [0.05, 0.1) is 6.54 Å². The van der Waals surface area contributed by atoms with E-state index in [1.54, 1.807) is 6.07 Å². The second-order valence-electron chi connectivity index (χ2n) is 7.60. The Kier molecular flexibility index (Phi) is 4.95. The third-order valence-corrected chi connectivity index (χ3v) is 5.41. The molecule has 0 spiro atoms. The quantitative estimate of drug-likeness (QED) is 0.643. The number of ether oxygens (including phenoxy) is 1. The predicted octanol–water partition coefficient (Wildman–Crippen LogP) is 4.79. The number of fused-ring (bicyclic) bond motifs is 1. The van der Waals surface area contributed by atoms with Crippen molar-refractivity contribution in [2.75, 3.05) is 4.90 Å². The largest absolute Gasteiger partial charge is 0.482 e. The van der Waals surface area contributed by atoms with E-state index in [4.69, 9.17) is 9.15 Å². The number of para-hydroxylation sites is 1. The molecule has 0 amide bonds. The molecule has 0 unspecified atom stereocenters. The highest BCUT2D eigenvalue weighted by molar-refractivity contribution is 5.59. The van der Waals surface area contributed by atoms with Crippen molar-refractivity contribution >= 4 is 5.69 Å². The van der Waals surface area contributed by atoms with Crippen molar-refractivity contribution in [1.82, 2.24) is 0 Å². The molecule has 0 aliphatic carbocycles. The van der Waals surface area contributed by atoms with Gasteiger partial charge in [-0.1, -0.05) is 42.0 Å². The first-order chi connectivity index (χ1) is 13.5. The van der Waals surface area contributed by atoms with E-state index in [0.717, 1.165) is 17.5 Å². The van der Waals surface area contributed by atoms with Crippen LogP contribution in [0.2, 0.25) is 0 Å². The molecule has 28 heavy (non-hydrogen) atoms. The molecule has 3 aromatic rings. The summed E-state index contributed by atoms with van der Waals surface area (Å²) in [5, 5.41) is 0. The number of benzene rings is 2. The van der Waals surface area contributed by atoms with Crippen LogP contribution in [-0.4, -0.2) is 6.04 Å². The fraction of sp³-hybridized carbons (Fsp3) is 0.292. The molecule has 1 aliphatic heterocycles. The molecule has 0 saturated heterocycles. The Hall–Kier alpha value is -3.01. The molecule has 2 heterocycles. The lowest BCUT2D eigenvalue weighted by atomic mass is 10.1.